The summed E-state index contributed by atoms with van der Waals surface area (Å²) in [5.41, 5.74) is 2.16. The standard InChI is InChI=1S/C16H26N4O3/c1-11-8-12(2)20(13(3)17-11)7-5-6-15(21)18-14-9-19(10-14)16(22)23-4/h5,7-8,13-15,18,21H,6,9-10H2,1-4H3/b7-5-. The first-order valence-electron chi connectivity index (χ1n) is 7.85. The van der Waals surface area contributed by atoms with E-state index in [2.05, 4.69) is 19.9 Å². The van der Waals surface area contributed by atoms with Crippen LogP contribution in [-0.4, -0.2) is 65.3 Å². The van der Waals surface area contributed by atoms with Gasteiger partial charge in [0.1, 0.15) is 12.4 Å². The van der Waals surface area contributed by atoms with Crippen LogP contribution in [0.1, 0.15) is 27.2 Å². The highest BCUT2D eigenvalue weighted by Gasteiger charge is 2.31. The molecule has 0 aromatic rings. The van der Waals surface area contributed by atoms with Crippen molar-refractivity contribution in [3.63, 3.8) is 0 Å². The van der Waals surface area contributed by atoms with Crippen molar-refractivity contribution in [2.24, 2.45) is 4.99 Å². The van der Waals surface area contributed by atoms with Crippen molar-refractivity contribution in [3.05, 3.63) is 24.0 Å². The average Bonchev–Trinajstić information content (AvgIpc) is 2.44. The van der Waals surface area contributed by atoms with E-state index in [1.165, 1.54) is 7.11 Å². The number of aliphatic hydroxyl groups excluding tert-OH is 1. The van der Waals surface area contributed by atoms with Gasteiger partial charge in [-0.3, -0.25) is 10.3 Å². The van der Waals surface area contributed by atoms with Gasteiger partial charge < -0.3 is 19.6 Å². The van der Waals surface area contributed by atoms with E-state index in [0.29, 0.717) is 19.5 Å². The summed E-state index contributed by atoms with van der Waals surface area (Å²) >= 11 is 0. The molecule has 1 saturated heterocycles. The third kappa shape index (κ3) is 4.56. The van der Waals surface area contributed by atoms with Crippen LogP contribution in [-0.2, 0) is 4.74 Å². The van der Waals surface area contributed by atoms with Crippen molar-refractivity contribution in [3.8, 4) is 0 Å². The van der Waals surface area contributed by atoms with Crippen molar-refractivity contribution >= 4 is 11.8 Å². The van der Waals surface area contributed by atoms with Gasteiger partial charge in [-0.2, -0.15) is 0 Å². The maximum absolute atomic E-state index is 11.2. The van der Waals surface area contributed by atoms with Gasteiger partial charge in [-0.15, -0.1) is 0 Å². The Kier molecular flexibility index (Phi) is 5.79. The molecular weight excluding hydrogens is 296 g/mol. The SMILES string of the molecule is COC(=O)N1CC(NC(O)C/C=C\N2C(C)=CC(C)=NC2C)C1. The second kappa shape index (κ2) is 7.61. The van der Waals surface area contributed by atoms with Crippen LogP contribution in [0, 0.1) is 0 Å². The fourth-order valence-electron chi connectivity index (χ4n) is 2.81. The molecule has 7 nitrogen and oxygen atoms in total. The van der Waals surface area contributed by atoms with Gasteiger partial charge in [0.15, 0.2) is 0 Å². The fourth-order valence-corrected chi connectivity index (χ4v) is 2.81. The van der Waals surface area contributed by atoms with Gasteiger partial charge in [-0.05, 0) is 26.8 Å². The van der Waals surface area contributed by atoms with Crippen LogP contribution in [0.15, 0.2) is 29.0 Å². The van der Waals surface area contributed by atoms with Crippen LogP contribution in [0.2, 0.25) is 0 Å². The zero-order chi connectivity index (χ0) is 17.0. The van der Waals surface area contributed by atoms with Crippen molar-refractivity contribution in [1.29, 1.82) is 0 Å². The minimum atomic E-state index is -0.634. The Hall–Kier alpha value is -1.86. The lowest BCUT2D eigenvalue weighted by Gasteiger charge is -2.39. The number of allylic oxidation sites excluding steroid dienone is 2. The molecule has 0 bridgehead atoms. The number of hydrogen-bond acceptors (Lipinski definition) is 6. The molecule has 0 aromatic carbocycles. The van der Waals surface area contributed by atoms with Gasteiger partial charge in [0, 0.05) is 43.2 Å². The molecule has 2 atom stereocenters. The minimum absolute atomic E-state index is 0.0709. The molecular formula is C16H26N4O3. The summed E-state index contributed by atoms with van der Waals surface area (Å²) in [6.07, 6.45) is 5.53. The Balaban J connectivity index is 1.72. The van der Waals surface area contributed by atoms with Crippen LogP contribution in [0.5, 0.6) is 0 Å². The van der Waals surface area contributed by atoms with Crippen LogP contribution in [0.25, 0.3) is 0 Å². The first-order valence-corrected chi connectivity index (χ1v) is 7.85. The summed E-state index contributed by atoms with van der Waals surface area (Å²) in [5.74, 6) is 0. The van der Waals surface area contributed by atoms with Crippen molar-refractivity contribution in [1.82, 2.24) is 15.1 Å². The van der Waals surface area contributed by atoms with Gasteiger partial charge >= 0.3 is 6.09 Å². The number of aliphatic hydroxyl groups is 1. The van der Waals surface area contributed by atoms with Crippen molar-refractivity contribution < 1.29 is 14.6 Å². The number of nitrogens with one attached hydrogen (secondary N) is 1. The molecule has 2 heterocycles. The third-order valence-electron chi connectivity index (χ3n) is 3.99. The Morgan fingerprint density at radius 2 is 2.26 bits per heavy atom. The molecule has 2 aliphatic heterocycles. The normalized spacial score (nSPS) is 23.4. The predicted molar refractivity (Wildman–Crippen MR) is 88.8 cm³/mol. The highest BCUT2D eigenvalue weighted by atomic mass is 16.5. The number of carbonyl (C=O) groups is 1. The molecule has 2 rings (SSSR count). The lowest BCUT2D eigenvalue weighted by atomic mass is 10.1. The molecule has 2 aliphatic rings. The number of rotatable bonds is 5. The predicted octanol–water partition coefficient (Wildman–Crippen LogP) is 1.28. The molecule has 23 heavy (non-hydrogen) atoms. The zero-order valence-electron chi connectivity index (χ0n) is 14.2. The maximum atomic E-state index is 11.2. The van der Waals surface area contributed by atoms with Crippen molar-refractivity contribution in [2.45, 2.75) is 45.6 Å². The first kappa shape index (κ1) is 17.5. The summed E-state index contributed by atoms with van der Waals surface area (Å²) in [4.78, 5) is 19.4. The summed E-state index contributed by atoms with van der Waals surface area (Å²) in [7, 11) is 1.37. The van der Waals surface area contributed by atoms with Gasteiger partial charge in [-0.1, -0.05) is 6.08 Å². The molecule has 2 unspecified atom stereocenters. The maximum Gasteiger partial charge on any atom is 0.409 e. The van der Waals surface area contributed by atoms with E-state index in [0.717, 1.165) is 11.4 Å². The number of aliphatic imine (C=N–C) groups is 1. The molecule has 0 radical (unpaired) electrons. The van der Waals surface area contributed by atoms with Crippen LogP contribution >= 0.6 is 0 Å². The van der Waals surface area contributed by atoms with E-state index in [-0.39, 0.29) is 18.3 Å². The Morgan fingerprint density at radius 1 is 1.57 bits per heavy atom. The average molecular weight is 322 g/mol. The van der Waals surface area contributed by atoms with E-state index >= 15 is 0 Å². The smallest absolute Gasteiger partial charge is 0.409 e. The van der Waals surface area contributed by atoms with E-state index in [1.54, 1.807) is 4.90 Å². The summed E-state index contributed by atoms with van der Waals surface area (Å²) < 4.78 is 4.63. The van der Waals surface area contributed by atoms with Gasteiger partial charge in [0.05, 0.1) is 7.11 Å². The molecule has 0 aliphatic carbocycles. The van der Waals surface area contributed by atoms with Crippen LogP contribution in [0.4, 0.5) is 4.79 Å². The summed E-state index contributed by atoms with van der Waals surface area (Å²) in [5, 5.41) is 13.1. The monoisotopic (exact) mass is 322 g/mol. The second-order valence-corrected chi connectivity index (χ2v) is 5.97. The topological polar surface area (TPSA) is 77.4 Å². The lowest BCUT2D eigenvalue weighted by molar-refractivity contribution is 0.0485. The highest BCUT2D eigenvalue weighted by Crippen LogP contribution is 2.17. The Morgan fingerprint density at radius 3 is 2.87 bits per heavy atom. The molecule has 128 valence electrons. The summed E-state index contributed by atoms with van der Waals surface area (Å²) in [6.45, 7) is 7.20. The molecule has 0 saturated carbocycles. The number of hydrogen-bond donors (Lipinski definition) is 2. The molecule has 0 aromatic heterocycles. The largest absolute Gasteiger partial charge is 0.453 e. The molecule has 1 amide bonds. The number of ether oxygens (including phenoxy) is 1. The molecule has 2 N–H and O–H groups in total. The number of carbonyl (C=O) groups excluding carboxylic acids is 1. The highest BCUT2D eigenvalue weighted by molar-refractivity contribution is 5.94. The van der Waals surface area contributed by atoms with E-state index in [1.807, 2.05) is 39.1 Å². The Bertz CT molecular complexity index is 523. The molecule has 0 spiro atoms. The van der Waals surface area contributed by atoms with Crippen molar-refractivity contribution in [2.75, 3.05) is 20.2 Å². The molecule has 7 heteroatoms. The van der Waals surface area contributed by atoms with E-state index in [4.69, 9.17) is 0 Å². The third-order valence-corrected chi connectivity index (χ3v) is 3.99. The van der Waals surface area contributed by atoms with Gasteiger partial charge in [0.25, 0.3) is 0 Å². The number of amides is 1. The van der Waals surface area contributed by atoms with E-state index in [9.17, 15) is 9.90 Å². The molecule has 1 fully saturated rings. The number of nitrogens with zero attached hydrogens (tertiary/aromatic N) is 3. The van der Waals surface area contributed by atoms with Crippen LogP contribution < -0.4 is 5.32 Å². The number of methoxy groups -OCH3 is 1. The van der Waals surface area contributed by atoms with Gasteiger partial charge in [-0.25, -0.2) is 4.79 Å². The second-order valence-electron chi connectivity index (χ2n) is 5.97. The quantitative estimate of drug-likeness (QED) is 0.746. The van der Waals surface area contributed by atoms with Crippen LogP contribution in [0.3, 0.4) is 0 Å². The first-order chi connectivity index (χ1) is 10.9. The minimum Gasteiger partial charge on any atom is -0.453 e. The number of likely N-dealkylation sites (tertiary alicyclic amines) is 1. The Labute approximate surface area is 137 Å². The van der Waals surface area contributed by atoms with Gasteiger partial charge in [0.2, 0.25) is 0 Å². The zero-order valence-corrected chi connectivity index (χ0v) is 14.2. The fraction of sp³-hybridized carbons (Fsp3) is 0.625. The van der Waals surface area contributed by atoms with E-state index < -0.39 is 6.23 Å². The lowest BCUT2D eigenvalue weighted by Crippen LogP contribution is -2.61. The summed E-state index contributed by atoms with van der Waals surface area (Å²) in [6, 6.07) is 0.111.